The van der Waals surface area contributed by atoms with Gasteiger partial charge in [0.05, 0.1) is 6.10 Å². The van der Waals surface area contributed by atoms with Gasteiger partial charge in [-0.3, -0.25) is 0 Å². The molecule has 1 atom stereocenters. The van der Waals surface area contributed by atoms with Crippen molar-refractivity contribution in [1.82, 2.24) is 25.4 Å². The van der Waals surface area contributed by atoms with Crippen molar-refractivity contribution in [2.75, 3.05) is 6.54 Å². The van der Waals surface area contributed by atoms with Gasteiger partial charge in [-0.25, -0.2) is 4.99 Å². The lowest BCUT2D eigenvalue weighted by Crippen LogP contribution is -2.45. The molecular weight excluding hydrogens is 352 g/mol. The number of nitrogens with one attached hydrogen (secondary N) is 2. The maximum atomic E-state index is 10.6. The van der Waals surface area contributed by atoms with Gasteiger partial charge in [0.15, 0.2) is 11.8 Å². The zero-order valence-electron chi connectivity index (χ0n) is 17.1. The lowest BCUT2D eigenvalue weighted by Gasteiger charge is -2.25. The predicted octanol–water partition coefficient (Wildman–Crippen LogP) is 2.53. The number of hydrogen-bond donors (Lipinski definition) is 3. The lowest BCUT2D eigenvalue weighted by atomic mass is 9.96. The summed E-state index contributed by atoms with van der Waals surface area (Å²) in [5.41, 5.74) is 2.05. The zero-order chi connectivity index (χ0) is 19.9. The number of benzene rings is 1. The third kappa shape index (κ3) is 5.55. The van der Waals surface area contributed by atoms with Crippen LogP contribution in [0, 0.1) is 13.8 Å². The summed E-state index contributed by atoms with van der Waals surface area (Å²) in [7, 11) is 1.95. The Labute approximate surface area is 167 Å². The summed E-state index contributed by atoms with van der Waals surface area (Å²) in [6, 6.07) is 8.40. The molecule has 3 N–H and O–H groups in total. The van der Waals surface area contributed by atoms with E-state index in [1.54, 1.807) is 0 Å². The predicted molar refractivity (Wildman–Crippen MR) is 111 cm³/mol. The molecule has 1 heterocycles. The summed E-state index contributed by atoms with van der Waals surface area (Å²) in [6.45, 7) is 4.81. The van der Waals surface area contributed by atoms with Gasteiger partial charge in [0.25, 0.3) is 0 Å². The van der Waals surface area contributed by atoms with E-state index in [1.807, 2.05) is 49.7 Å². The van der Waals surface area contributed by atoms with Crippen LogP contribution in [0.25, 0.3) is 0 Å². The first-order chi connectivity index (χ1) is 13.5. The molecule has 7 heteroatoms. The number of hydrogen-bond acceptors (Lipinski definition) is 4. The standard InChI is InChI=1S/C21H32N6O/c1-15-8-7-9-17(12-15)19(28)13-22-21(24-18-10-5-4-6-11-18)23-14-20-26-25-16(2)27(20)3/h7-9,12,18-19,28H,4-6,10-11,13-14H2,1-3H3,(H2,22,23,24). The molecular formula is C21H32N6O. The molecule has 0 amide bonds. The number of aliphatic imine (C=N–C) groups is 1. The zero-order valence-corrected chi connectivity index (χ0v) is 17.1. The third-order valence-electron chi connectivity index (χ3n) is 5.40. The van der Waals surface area contributed by atoms with Crippen molar-refractivity contribution in [3.8, 4) is 0 Å². The van der Waals surface area contributed by atoms with E-state index in [0.717, 1.165) is 41.6 Å². The Morgan fingerprint density at radius 3 is 2.71 bits per heavy atom. The largest absolute Gasteiger partial charge is 0.387 e. The van der Waals surface area contributed by atoms with Crippen molar-refractivity contribution < 1.29 is 5.11 Å². The van der Waals surface area contributed by atoms with Crippen LogP contribution in [0.5, 0.6) is 0 Å². The highest BCUT2D eigenvalue weighted by Gasteiger charge is 2.16. The molecule has 1 saturated carbocycles. The van der Waals surface area contributed by atoms with Crippen molar-refractivity contribution in [1.29, 1.82) is 0 Å². The fourth-order valence-electron chi connectivity index (χ4n) is 3.52. The number of rotatable bonds is 6. The van der Waals surface area contributed by atoms with Crippen LogP contribution in [0.1, 0.15) is 61.0 Å². The van der Waals surface area contributed by atoms with Gasteiger partial charge in [-0.15, -0.1) is 10.2 Å². The van der Waals surface area contributed by atoms with Crippen LogP contribution < -0.4 is 10.6 Å². The molecule has 0 saturated heterocycles. The van der Waals surface area contributed by atoms with Crippen molar-refractivity contribution in [3.63, 3.8) is 0 Å². The van der Waals surface area contributed by atoms with Crippen LogP contribution >= 0.6 is 0 Å². The second kappa shape index (κ2) is 9.68. The van der Waals surface area contributed by atoms with Gasteiger partial charge in [-0.2, -0.15) is 0 Å². The van der Waals surface area contributed by atoms with Crippen LogP contribution in [0.15, 0.2) is 29.3 Å². The van der Waals surface area contributed by atoms with E-state index in [0.29, 0.717) is 19.1 Å². The number of guanidine groups is 1. The second-order valence-corrected chi connectivity index (χ2v) is 7.68. The van der Waals surface area contributed by atoms with E-state index >= 15 is 0 Å². The fourth-order valence-corrected chi connectivity index (χ4v) is 3.52. The number of aliphatic hydroxyl groups excluding tert-OH is 1. The topological polar surface area (TPSA) is 87.4 Å². The van der Waals surface area contributed by atoms with Gasteiger partial charge in [-0.05, 0) is 32.3 Å². The van der Waals surface area contributed by atoms with Crippen molar-refractivity contribution >= 4 is 5.96 Å². The summed E-state index contributed by atoms with van der Waals surface area (Å²) >= 11 is 0. The van der Waals surface area contributed by atoms with E-state index in [9.17, 15) is 5.11 Å². The Bertz CT molecular complexity index is 794. The van der Waals surface area contributed by atoms with Gasteiger partial charge in [-0.1, -0.05) is 49.1 Å². The van der Waals surface area contributed by atoms with Gasteiger partial charge < -0.3 is 20.3 Å². The highest BCUT2D eigenvalue weighted by molar-refractivity contribution is 5.80. The highest BCUT2D eigenvalue weighted by Crippen LogP contribution is 2.17. The van der Waals surface area contributed by atoms with Crippen LogP contribution in [0.4, 0.5) is 0 Å². The molecule has 2 aromatic rings. The minimum Gasteiger partial charge on any atom is -0.387 e. The average Bonchev–Trinajstić information content (AvgIpc) is 3.02. The van der Waals surface area contributed by atoms with Crippen molar-refractivity contribution in [2.45, 2.75) is 64.6 Å². The van der Waals surface area contributed by atoms with Crippen LogP contribution in [0.3, 0.4) is 0 Å². The molecule has 1 aromatic carbocycles. The molecule has 0 aliphatic heterocycles. The molecule has 0 spiro atoms. The summed E-state index contributed by atoms with van der Waals surface area (Å²) in [5, 5.41) is 25.7. The summed E-state index contributed by atoms with van der Waals surface area (Å²) in [5.74, 6) is 2.41. The van der Waals surface area contributed by atoms with Crippen LogP contribution in [0.2, 0.25) is 0 Å². The Balaban J connectivity index is 1.66. The van der Waals surface area contributed by atoms with Crippen molar-refractivity contribution in [3.05, 3.63) is 47.0 Å². The Morgan fingerprint density at radius 2 is 2.04 bits per heavy atom. The minimum absolute atomic E-state index is 0.403. The Kier molecular flexibility index (Phi) is 7.03. The van der Waals surface area contributed by atoms with Crippen LogP contribution in [-0.2, 0) is 13.6 Å². The normalized spacial score (nSPS) is 16.8. The first kappa shape index (κ1) is 20.3. The number of aromatic nitrogens is 3. The van der Waals surface area contributed by atoms with Gasteiger partial charge in [0.1, 0.15) is 12.4 Å². The molecule has 1 unspecified atom stereocenters. The molecule has 152 valence electrons. The molecule has 0 bridgehead atoms. The Morgan fingerprint density at radius 1 is 1.25 bits per heavy atom. The molecule has 3 rings (SSSR count). The average molecular weight is 385 g/mol. The smallest absolute Gasteiger partial charge is 0.192 e. The first-order valence-corrected chi connectivity index (χ1v) is 10.2. The summed E-state index contributed by atoms with van der Waals surface area (Å²) in [6.07, 6.45) is 5.53. The molecule has 0 radical (unpaired) electrons. The molecule has 1 aliphatic rings. The van der Waals surface area contributed by atoms with Gasteiger partial charge in [0.2, 0.25) is 0 Å². The molecule has 1 fully saturated rings. The molecule has 28 heavy (non-hydrogen) atoms. The van der Waals surface area contributed by atoms with E-state index in [1.165, 1.54) is 19.3 Å². The Hall–Kier alpha value is -2.41. The SMILES string of the molecule is Cc1cccc(C(O)CNC(=NCc2nnc(C)n2C)NC2CCCCC2)c1. The molecule has 7 nitrogen and oxygen atoms in total. The van der Waals surface area contributed by atoms with E-state index in [-0.39, 0.29) is 0 Å². The number of nitrogens with zero attached hydrogens (tertiary/aromatic N) is 4. The summed E-state index contributed by atoms with van der Waals surface area (Å²) in [4.78, 5) is 4.71. The van der Waals surface area contributed by atoms with Gasteiger partial charge >= 0.3 is 0 Å². The second-order valence-electron chi connectivity index (χ2n) is 7.68. The molecule has 1 aliphatic carbocycles. The van der Waals surface area contributed by atoms with Crippen molar-refractivity contribution in [2.24, 2.45) is 12.0 Å². The minimum atomic E-state index is -0.588. The molecule has 1 aromatic heterocycles. The first-order valence-electron chi connectivity index (χ1n) is 10.2. The van der Waals surface area contributed by atoms with Crippen LogP contribution in [-0.4, -0.2) is 38.4 Å². The summed E-state index contributed by atoms with van der Waals surface area (Å²) < 4.78 is 1.95. The van der Waals surface area contributed by atoms with Gasteiger partial charge in [0, 0.05) is 19.6 Å². The highest BCUT2D eigenvalue weighted by atomic mass is 16.3. The quantitative estimate of drug-likeness (QED) is 0.526. The number of aryl methyl sites for hydroxylation is 2. The lowest BCUT2D eigenvalue weighted by molar-refractivity contribution is 0.180. The maximum Gasteiger partial charge on any atom is 0.192 e. The number of aliphatic hydroxyl groups is 1. The van der Waals surface area contributed by atoms with E-state index in [4.69, 9.17) is 4.99 Å². The monoisotopic (exact) mass is 384 g/mol. The third-order valence-corrected chi connectivity index (χ3v) is 5.40. The van der Waals surface area contributed by atoms with E-state index < -0.39 is 6.10 Å². The van der Waals surface area contributed by atoms with E-state index in [2.05, 4.69) is 20.8 Å². The maximum absolute atomic E-state index is 10.6. The fraction of sp³-hybridized carbons (Fsp3) is 0.571.